The third-order valence-electron chi connectivity index (χ3n) is 4.43. The van der Waals surface area contributed by atoms with Crippen molar-refractivity contribution in [3.8, 4) is 11.3 Å². The van der Waals surface area contributed by atoms with Gasteiger partial charge in [0.2, 0.25) is 0 Å². The number of hydrogen-bond acceptors (Lipinski definition) is 3. The van der Waals surface area contributed by atoms with E-state index in [1.807, 2.05) is 28.8 Å². The van der Waals surface area contributed by atoms with E-state index in [-0.39, 0.29) is 5.97 Å². The first-order chi connectivity index (χ1) is 12.6. The summed E-state index contributed by atoms with van der Waals surface area (Å²) in [7, 11) is 0. The summed E-state index contributed by atoms with van der Waals surface area (Å²) in [5, 5.41) is 6.50. The Labute approximate surface area is 159 Å². The van der Waals surface area contributed by atoms with Gasteiger partial charge in [0, 0.05) is 16.3 Å². The van der Waals surface area contributed by atoms with Crippen LogP contribution in [0.15, 0.2) is 59.2 Å². The maximum absolute atomic E-state index is 12.5. The van der Waals surface area contributed by atoms with Gasteiger partial charge in [-0.25, -0.2) is 9.31 Å². The van der Waals surface area contributed by atoms with E-state index in [2.05, 4.69) is 52.2 Å². The van der Waals surface area contributed by atoms with Crippen molar-refractivity contribution in [1.29, 1.82) is 0 Å². The molecule has 0 aliphatic carbocycles. The molecular formula is C21H17BrN2O2. The molecule has 0 fully saturated rings. The summed E-state index contributed by atoms with van der Waals surface area (Å²) in [5.74, 6) is -0.357. The molecule has 4 rings (SSSR count). The van der Waals surface area contributed by atoms with Gasteiger partial charge in [0.25, 0.3) is 0 Å². The molecule has 0 amide bonds. The zero-order valence-electron chi connectivity index (χ0n) is 14.5. The average Bonchev–Trinajstić information content (AvgIpc) is 3.08. The summed E-state index contributed by atoms with van der Waals surface area (Å²) in [6, 6.07) is 16.3. The third kappa shape index (κ3) is 2.59. The minimum absolute atomic E-state index is 0.329. The Balaban J connectivity index is 2.13. The van der Waals surface area contributed by atoms with Crippen LogP contribution in [0.1, 0.15) is 22.8 Å². The molecule has 2 aromatic heterocycles. The van der Waals surface area contributed by atoms with E-state index in [0.717, 1.165) is 32.0 Å². The van der Waals surface area contributed by atoms with Gasteiger partial charge in [0.05, 0.1) is 28.5 Å². The lowest BCUT2D eigenvalue weighted by molar-refractivity contribution is 0.0528. The number of ether oxygens (including phenoxy) is 1. The van der Waals surface area contributed by atoms with Crippen LogP contribution in [0.25, 0.3) is 27.5 Å². The van der Waals surface area contributed by atoms with Crippen LogP contribution in [0, 0.1) is 6.92 Å². The molecule has 130 valence electrons. The lowest BCUT2D eigenvalue weighted by Crippen LogP contribution is -2.05. The number of hydrogen-bond donors (Lipinski definition) is 0. The molecule has 0 spiro atoms. The predicted octanol–water partition coefficient (Wildman–Crippen LogP) is 5.40. The van der Waals surface area contributed by atoms with Gasteiger partial charge in [-0.15, -0.1) is 0 Å². The number of fused-ring (bicyclic) bond motifs is 3. The standard InChI is InChI=1S/C21H17BrN2O2/c1-3-26-21(25)17-12-23-24-19(14-10-8-13(2)9-11-14)18(22)15-6-4-5-7-16(15)20(17)24/h4-12H,3H2,1-2H3. The average molecular weight is 409 g/mol. The number of nitrogens with zero attached hydrogens (tertiary/aromatic N) is 2. The van der Waals surface area contributed by atoms with Crippen molar-refractivity contribution in [3.05, 3.63) is 70.3 Å². The molecule has 26 heavy (non-hydrogen) atoms. The van der Waals surface area contributed by atoms with Crippen LogP contribution >= 0.6 is 15.9 Å². The van der Waals surface area contributed by atoms with Gasteiger partial charge in [-0.1, -0.05) is 54.1 Å². The van der Waals surface area contributed by atoms with E-state index >= 15 is 0 Å². The lowest BCUT2D eigenvalue weighted by Gasteiger charge is -2.13. The molecule has 2 aromatic carbocycles. The highest BCUT2D eigenvalue weighted by molar-refractivity contribution is 9.10. The van der Waals surface area contributed by atoms with Crippen LogP contribution < -0.4 is 0 Å². The summed E-state index contributed by atoms with van der Waals surface area (Å²) < 4.78 is 8.00. The van der Waals surface area contributed by atoms with E-state index in [1.54, 1.807) is 13.1 Å². The number of aromatic nitrogens is 2. The first-order valence-electron chi connectivity index (χ1n) is 8.44. The minimum Gasteiger partial charge on any atom is -0.462 e. The fourth-order valence-electron chi connectivity index (χ4n) is 3.20. The number of esters is 1. The van der Waals surface area contributed by atoms with Crippen LogP contribution in [0.3, 0.4) is 0 Å². The number of carbonyl (C=O) groups excluding carboxylic acids is 1. The number of pyridine rings is 1. The summed E-state index contributed by atoms with van der Waals surface area (Å²) in [5.41, 5.74) is 4.36. The Morgan fingerprint density at radius 2 is 1.81 bits per heavy atom. The van der Waals surface area contributed by atoms with Crippen LogP contribution in [0.2, 0.25) is 0 Å². The second-order valence-electron chi connectivity index (χ2n) is 6.11. The van der Waals surface area contributed by atoms with Gasteiger partial charge in [0.15, 0.2) is 0 Å². The molecule has 0 aliphatic rings. The van der Waals surface area contributed by atoms with Crippen molar-refractivity contribution in [2.45, 2.75) is 13.8 Å². The molecule has 0 atom stereocenters. The summed E-state index contributed by atoms with van der Waals surface area (Å²) >= 11 is 3.76. The molecule has 0 bridgehead atoms. The third-order valence-corrected chi connectivity index (χ3v) is 5.23. The van der Waals surface area contributed by atoms with Crippen molar-refractivity contribution >= 4 is 38.2 Å². The minimum atomic E-state index is -0.357. The van der Waals surface area contributed by atoms with Crippen molar-refractivity contribution in [2.75, 3.05) is 6.61 Å². The number of benzene rings is 2. The molecule has 4 aromatic rings. The van der Waals surface area contributed by atoms with Gasteiger partial charge in [0.1, 0.15) is 5.56 Å². The molecule has 4 nitrogen and oxygen atoms in total. The van der Waals surface area contributed by atoms with Gasteiger partial charge < -0.3 is 4.74 Å². The molecule has 0 radical (unpaired) electrons. The van der Waals surface area contributed by atoms with E-state index in [9.17, 15) is 4.79 Å². The first kappa shape index (κ1) is 16.8. The molecule has 0 saturated heterocycles. The molecule has 0 saturated carbocycles. The predicted molar refractivity (Wildman–Crippen MR) is 107 cm³/mol. The number of halogens is 1. The number of rotatable bonds is 3. The van der Waals surface area contributed by atoms with E-state index < -0.39 is 0 Å². The summed E-state index contributed by atoms with van der Waals surface area (Å²) in [6.07, 6.45) is 1.59. The fraction of sp³-hybridized carbons (Fsp3) is 0.143. The highest BCUT2D eigenvalue weighted by Gasteiger charge is 2.21. The second-order valence-corrected chi connectivity index (χ2v) is 6.91. The smallest absolute Gasteiger partial charge is 0.342 e. The molecule has 0 N–H and O–H groups in total. The Bertz CT molecular complexity index is 1130. The SMILES string of the molecule is CCOC(=O)c1cnn2c(-c3ccc(C)cc3)c(Br)c3ccccc3c12. The Kier molecular flexibility index (Phi) is 4.24. The summed E-state index contributed by atoms with van der Waals surface area (Å²) in [4.78, 5) is 12.5. The quantitative estimate of drug-likeness (QED) is 0.426. The van der Waals surface area contributed by atoms with E-state index in [0.29, 0.717) is 12.2 Å². The maximum Gasteiger partial charge on any atom is 0.342 e. The van der Waals surface area contributed by atoms with E-state index in [4.69, 9.17) is 4.74 Å². The second kappa shape index (κ2) is 6.57. The maximum atomic E-state index is 12.5. The monoisotopic (exact) mass is 408 g/mol. The largest absolute Gasteiger partial charge is 0.462 e. The Hall–Kier alpha value is -2.66. The normalized spacial score (nSPS) is 11.2. The summed E-state index contributed by atoms with van der Waals surface area (Å²) in [6.45, 7) is 4.19. The van der Waals surface area contributed by atoms with Crippen LogP contribution in [-0.2, 0) is 4.74 Å². The van der Waals surface area contributed by atoms with E-state index in [1.165, 1.54) is 5.56 Å². The van der Waals surface area contributed by atoms with Crippen LogP contribution in [0.5, 0.6) is 0 Å². The topological polar surface area (TPSA) is 43.6 Å². The molecule has 0 unspecified atom stereocenters. The van der Waals surface area contributed by atoms with Crippen molar-refractivity contribution < 1.29 is 9.53 Å². The zero-order chi connectivity index (χ0) is 18.3. The van der Waals surface area contributed by atoms with Crippen molar-refractivity contribution in [1.82, 2.24) is 9.61 Å². The zero-order valence-corrected chi connectivity index (χ0v) is 16.1. The highest BCUT2D eigenvalue weighted by Crippen LogP contribution is 2.38. The fourth-order valence-corrected chi connectivity index (χ4v) is 3.94. The molecule has 5 heteroatoms. The highest BCUT2D eigenvalue weighted by atomic mass is 79.9. The van der Waals surface area contributed by atoms with Crippen molar-refractivity contribution in [3.63, 3.8) is 0 Å². The van der Waals surface area contributed by atoms with Gasteiger partial charge in [-0.2, -0.15) is 5.10 Å². The lowest BCUT2D eigenvalue weighted by atomic mass is 10.0. The Morgan fingerprint density at radius 3 is 2.50 bits per heavy atom. The molecule has 2 heterocycles. The van der Waals surface area contributed by atoms with Gasteiger partial charge in [-0.3, -0.25) is 0 Å². The molecular weight excluding hydrogens is 392 g/mol. The van der Waals surface area contributed by atoms with Crippen LogP contribution in [-0.4, -0.2) is 22.2 Å². The molecule has 0 aliphatic heterocycles. The number of aryl methyl sites for hydroxylation is 1. The number of carbonyl (C=O) groups is 1. The van der Waals surface area contributed by atoms with Gasteiger partial charge in [-0.05, 0) is 29.8 Å². The van der Waals surface area contributed by atoms with Gasteiger partial charge >= 0.3 is 5.97 Å². The van der Waals surface area contributed by atoms with Crippen molar-refractivity contribution in [2.24, 2.45) is 0 Å². The first-order valence-corrected chi connectivity index (χ1v) is 9.23. The Morgan fingerprint density at radius 1 is 1.12 bits per heavy atom. The van der Waals surface area contributed by atoms with Crippen LogP contribution in [0.4, 0.5) is 0 Å².